The molecule has 0 aliphatic heterocycles. The molecule has 0 aliphatic carbocycles. The van der Waals surface area contributed by atoms with E-state index in [1.54, 1.807) is 45.0 Å². The van der Waals surface area contributed by atoms with Crippen LogP contribution in [-0.4, -0.2) is 54.9 Å². The van der Waals surface area contributed by atoms with Crippen molar-refractivity contribution < 1.29 is 38.4 Å². The molecule has 0 heterocycles. The number of rotatable bonds is 8. The van der Waals surface area contributed by atoms with Gasteiger partial charge in [-0.05, 0) is 109 Å². The number of hydrogen-bond donors (Lipinski definition) is 2. The van der Waals surface area contributed by atoms with Gasteiger partial charge in [0.15, 0.2) is 13.2 Å². The molecule has 0 aromatic heterocycles. The van der Waals surface area contributed by atoms with E-state index >= 15 is 0 Å². The lowest BCUT2D eigenvalue weighted by Gasteiger charge is -2.19. The van der Waals surface area contributed by atoms with Crippen molar-refractivity contribution in [3.63, 3.8) is 0 Å². The number of aliphatic hydroxyl groups is 1. The van der Waals surface area contributed by atoms with Gasteiger partial charge in [-0.3, -0.25) is 4.79 Å². The summed E-state index contributed by atoms with van der Waals surface area (Å²) in [7, 11) is 1.00. The van der Waals surface area contributed by atoms with Crippen molar-refractivity contribution in [2.75, 3.05) is 20.3 Å². The molecule has 0 fully saturated rings. The van der Waals surface area contributed by atoms with Gasteiger partial charge in [-0.15, -0.1) is 0 Å². The fourth-order valence-corrected chi connectivity index (χ4v) is 3.56. The van der Waals surface area contributed by atoms with E-state index in [1.165, 1.54) is 0 Å². The van der Waals surface area contributed by atoms with Crippen LogP contribution in [0.1, 0.15) is 57.5 Å². The number of carbonyl (C=O) groups is 3. The first-order valence-corrected chi connectivity index (χ1v) is 13.1. The first kappa shape index (κ1) is 35.5. The molecule has 38 heavy (non-hydrogen) atoms. The van der Waals surface area contributed by atoms with Crippen LogP contribution < -0.4 is 15.2 Å². The Morgan fingerprint density at radius 2 is 1.24 bits per heavy atom. The zero-order chi connectivity index (χ0) is 29.5. The maximum atomic E-state index is 11.5. The third kappa shape index (κ3) is 15.7. The summed E-state index contributed by atoms with van der Waals surface area (Å²) in [5.74, 6) is 0.260. The Kier molecular flexibility index (Phi) is 16.1. The Balaban J connectivity index is 0.000000676. The van der Waals surface area contributed by atoms with Gasteiger partial charge >= 0.3 is 11.9 Å². The number of hydrogen-bond acceptors (Lipinski definition) is 9. The molecule has 3 N–H and O–H groups in total. The zero-order valence-corrected chi connectivity index (χ0v) is 26.0. The van der Waals surface area contributed by atoms with Crippen LogP contribution >= 0.6 is 31.9 Å². The molecule has 212 valence electrons. The molecule has 0 saturated heterocycles. The summed E-state index contributed by atoms with van der Waals surface area (Å²) in [5, 5.41) is 7.00. The molecule has 0 radical (unpaired) electrons. The van der Waals surface area contributed by atoms with E-state index < -0.39 is 23.1 Å². The number of aldehydes is 1. The minimum Gasteiger partial charge on any atom is -0.481 e. The van der Waals surface area contributed by atoms with Crippen LogP contribution in [0.2, 0.25) is 0 Å². The predicted molar refractivity (Wildman–Crippen MR) is 152 cm³/mol. The van der Waals surface area contributed by atoms with Crippen LogP contribution in [0, 0.1) is 0 Å². The van der Waals surface area contributed by atoms with Crippen molar-refractivity contribution in [2.45, 2.75) is 59.3 Å². The fourth-order valence-electron chi connectivity index (χ4n) is 2.51. The van der Waals surface area contributed by atoms with Crippen LogP contribution in [0.5, 0.6) is 11.5 Å². The van der Waals surface area contributed by atoms with Crippen LogP contribution in [-0.2, 0) is 25.6 Å². The van der Waals surface area contributed by atoms with Crippen molar-refractivity contribution in [3.8, 4) is 11.5 Å². The van der Waals surface area contributed by atoms with Gasteiger partial charge in [-0.25, -0.2) is 9.59 Å². The third-order valence-corrected chi connectivity index (χ3v) is 5.09. The van der Waals surface area contributed by atoms with Gasteiger partial charge in [-0.2, -0.15) is 0 Å². The predicted octanol–water partition coefficient (Wildman–Crippen LogP) is 5.22. The van der Waals surface area contributed by atoms with Gasteiger partial charge in [0.25, 0.3) is 0 Å². The monoisotopic (exact) mass is 661 g/mol. The maximum absolute atomic E-state index is 11.5. The Morgan fingerprint density at radius 3 is 1.58 bits per heavy atom. The van der Waals surface area contributed by atoms with Crippen LogP contribution in [0.25, 0.3) is 0 Å². The van der Waals surface area contributed by atoms with Gasteiger partial charge in [0.05, 0.1) is 8.95 Å². The van der Waals surface area contributed by atoms with Crippen molar-refractivity contribution >= 4 is 50.1 Å². The molecular weight excluding hydrogens is 626 g/mol. The van der Waals surface area contributed by atoms with Crippen molar-refractivity contribution in [1.29, 1.82) is 0 Å². The number of aliphatic hydroxyl groups excluding tert-OH is 1. The van der Waals surface area contributed by atoms with Crippen LogP contribution in [0.4, 0.5) is 0 Å². The molecule has 9 nitrogen and oxygen atoms in total. The number of halogens is 2. The first-order chi connectivity index (χ1) is 17.6. The second kappa shape index (κ2) is 17.2. The van der Waals surface area contributed by atoms with E-state index in [4.69, 9.17) is 29.8 Å². The lowest BCUT2D eigenvalue weighted by Crippen LogP contribution is -2.27. The molecule has 0 unspecified atom stereocenters. The van der Waals surface area contributed by atoms with E-state index in [0.29, 0.717) is 28.1 Å². The molecule has 0 aliphatic rings. The molecule has 2 aromatic rings. The Hall–Kier alpha value is -2.47. The van der Waals surface area contributed by atoms with Gasteiger partial charge in [0, 0.05) is 19.2 Å². The highest BCUT2D eigenvalue weighted by Gasteiger charge is 2.18. The zero-order valence-electron chi connectivity index (χ0n) is 22.8. The summed E-state index contributed by atoms with van der Waals surface area (Å²) in [4.78, 5) is 33.5. The highest BCUT2D eigenvalue weighted by Crippen LogP contribution is 2.26. The third-order valence-electron chi connectivity index (χ3n) is 3.86. The summed E-state index contributed by atoms with van der Waals surface area (Å²) < 4.78 is 22.3. The molecule has 11 heteroatoms. The molecule has 0 spiro atoms. The number of carbonyl (C=O) groups excluding carboxylic acids is 3. The van der Waals surface area contributed by atoms with Crippen molar-refractivity contribution in [1.82, 2.24) is 0 Å². The fraction of sp³-hybridized carbons (Fsp3) is 0.444. The average Bonchev–Trinajstić information content (AvgIpc) is 2.82. The summed E-state index contributed by atoms with van der Waals surface area (Å²) in [6.45, 7) is 11.0. The molecule has 0 atom stereocenters. The SMILES string of the molecule is CC(C)(C)OC(=O)COc1ccc(C=O)cc1Br.CC(C)(C)OC(=O)COc1ccc(CN)cc1Br.CO. The number of benzene rings is 2. The van der Waals surface area contributed by atoms with E-state index in [-0.39, 0.29) is 13.2 Å². The Bertz CT molecular complexity index is 1050. The smallest absolute Gasteiger partial charge is 0.344 e. The van der Waals surface area contributed by atoms with Crippen molar-refractivity contribution in [2.24, 2.45) is 5.73 Å². The quantitative estimate of drug-likeness (QED) is 0.288. The molecule has 0 amide bonds. The van der Waals surface area contributed by atoms with Crippen molar-refractivity contribution in [3.05, 3.63) is 56.5 Å². The normalized spacial score (nSPS) is 10.6. The molecule has 0 bridgehead atoms. The summed E-state index contributed by atoms with van der Waals surface area (Å²) in [6.07, 6.45) is 0.738. The van der Waals surface area contributed by atoms with Gasteiger partial charge in [-0.1, -0.05) is 6.07 Å². The number of esters is 2. The van der Waals surface area contributed by atoms with E-state index in [0.717, 1.165) is 23.4 Å². The Labute approximate surface area is 241 Å². The summed E-state index contributed by atoms with van der Waals surface area (Å²) >= 11 is 6.63. The standard InChI is InChI=1S/C13H18BrNO3.C13H15BrO4.CH4O/c2*1-13(2,3)18-12(16)8-17-11-5-4-9(7-15)6-10(11)14;1-2/h4-6H,7-8,15H2,1-3H3;4-7H,8H2,1-3H3;2H,1H3. The Morgan fingerprint density at radius 1 is 0.816 bits per heavy atom. The molecule has 2 rings (SSSR count). The largest absolute Gasteiger partial charge is 0.481 e. The lowest BCUT2D eigenvalue weighted by atomic mass is 10.2. The first-order valence-electron chi connectivity index (χ1n) is 11.5. The van der Waals surface area contributed by atoms with Gasteiger partial charge in [0.2, 0.25) is 0 Å². The maximum Gasteiger partial charge on any atom is 0.344 e. The number of ether oxygens (including phenoxy) is 4. The van der Waals surface area contributed by atoms with Crippen LogP contribution in [0.15, 0.2) is 45.3 Å². The average molecular weight is 663 g/mol. The second-order valence-electron chi connectivity index (χ2n) is 9.53. The minimum absolute atomic E-state index is 0.113. The second-order valence-corrected chi connectivity index (χ2v) is 11.2. The van der Waals surface area contributed by atoms with E-state index in [9.17, 15) is 14.4 Å². The van der Waals surface area contributed by atoms with Gasteiger partial charge < -0.3 is 29.8 Å². The highest BCUT2D eigenvalue weighted by atomic mass is 79.9. The number of nitrogens with two attached hydrogens (primary N) is 1. The molecule has 0 saturated carbocycles. The summed E-state index contributed by atoms with van der Waals surface area (Å²) in [6, 6.07) is 10.4. The topological polar surface area (TPSA) is 134 Å². The van der Waals surface area contributed by atoms with E-state index in [1.807, 2.05) is 32.9 Å². The van der Waals surface area contributed by atoms with E-state index in [2.05, 4.69) is 31.9 Å². The molecule has 2 aromatic carbocycles. The lowest BCUT2D eigenvalue weighted by molar-refractivity contribution is -0.158. The molecular formula is C27H37Br2NO8. The highest BCUT2D eigenvalue weighted by molar-refractivity contribution is 9.10. The minimum atomic E-state index is -0.529. The van der Waals surface area contributed by atoms with Gasteiger partial charge in [0.1, 0.15) is 29.0 Å². The van der Waals surface area contributed by atoms with Crippen LogP contribution in [0.3, 0.4) is 0 Å². The summed E-state index contributed by atoms with van der Waals surface area (Å²) in [5.41, 5.74) is 6.02.